The Bertz CT molecular complexity index is 800. The Kier molecular flexibility index (Phi) is 6.65. The van der Waals surface area contributed by atoms with Crippen molar-refractivity contribution in [2.75, 3.05) is 19.6 Å². The van der Waals surface area contributed by atoms with Crippen LogP contribution >= 0.6 is 0 Å². The van der Waals surface area contributed by atoms with Crippen molar-refractivity contribution in [2.24, 2.45) is 0 Å². The van der Waals surface area contributed by atoms with Crippen LogP contribution in [0.2, 0.25) is 0 Å². The maximum absolute atomic E-state index is 13.3. The fourth-order valence-electron chi connectivity index (χ4n) is 4.76. The number of hydrogen-bond donors (Lipinski definition) is 0. The van der Waals surface area contributed by atoms with Gasteiger partial charge in [0.25, 0.3) is 0 Å². The van der Waals surface area contributed by atoms with Gasteiger partial charge in [-0.1, -0.05) is 50.1 Å². The molecule has 1 atom stereocenters. The zero-order chi connectivity index (χ0) is 20.1. The van der Waals surface area contributed by atoms with Crippen LogP contribution in [0.25, 0.3) is 0 Å². The van der Waals surface area contributed by atoms with Gasteiger partial charge >= 0.3 is 0 Å². The van der Waals surface area contributed by atoms with E-state index >= 15 is 0 Å². The Morgan fingerprint density at radius 1 is 1.14 bits per heavy atom. The highest BCUT2D eigenvalue weighted by Crippen LogP contribution is 2.24. The van der Waals surface area contributed by atoms with Crippen LogP contribution in [0.3, 0.4) is 0 Å². The number of carbonyl (C=O) groups is 1. The first-order chi connectivity index (χ1) is 14.3. The molecule has 2 aliphatic heterocycles. The molecule has 0 aliphatic carbocycles. The van der Waals surface area contributed by atoms with Crippen molar-refractivity contribution in [3.8, 4) is 0 Å². The van der Waals surface area contributed by atoms with Crippen LogP contribution < -0.4 is 0 Å². The van der Waals surface area contributed by atoms with E-state index in [4.69, 9.17) is 0 Å². The summed E-state index contributed by atoms with van der Waals surface area (Å²) < 4.78 is 2.29. The van der Waals surface area contributed by atoms with Crippen LogP contribution in [0.5, 0.6) is 0 Å². The molecule has 0 saturated carbocycles. The Hall–Kier alpha value is -2.14. The molecule has 5 heteroatoms. The van der Waals surface area contributed by atoms with E-state index in [0.29, 0.717) is 12.5 Å². The van der Waals surface area contributed by atoms with E-state index in [0.717, 1.165) is 51.1 Å². The van der Waals surface area contributed by atoms with Gasteiger partial charge in [0.2, 0.25) is 5.91 Å². The van der Waals surface area contributed by atoms with E-state index in [2.05, 4.69) is 56.6 Å². The van der Waals surface area contributed by atoms with Crippen molar-refractivity contribution in [1.82, 2.24) is 19.4 Å². The molecule has 0 spiro atoms. The lowest BCUT2D eigenvalue weighted by Crippen LogP contribution is -2.52. The van der Waals surface area contributed by atoms with Gasteiger partial charge in [-0.2, -0.15) is 0 Å². The molecule has 1 aromatic heterocycles. The highest BCUT2D eigenvalue weighted by Gasteiger charge is 2.33. The number of likely N-dealkylation sites (tertiary alicyclic amines) is 1. The van der Waals surface area contributed by atoms with Gasteiger partial charge in [0, 0.05) is 25.2 Å². The maximum atomic E-state index is 13.3. The van der Waals surface area contributed by atoms with Gasteiger partial charge in [0.05, 0.1) is 24.6 Å². The molecular formula is C24H34N4O. The summed E-state index contributed by atoms with van der Waals surface area (Å²) in [6, 6.07) is 10.7. The van der Waals surface area contributed by atoms with Crippen LogP contribution in [0.15, 0.2) is 36.7 Å². The topological polar surface area (TPSA) is 41.4 Å². The van der Waals surface area contributed by atoms with E-state index in [1.807, 2.05) is 6.33 Å². The molecule has 1 saturated heterocycles. The molecule has 0 N–H and O–H groups in total. The summed E-state index contributed by atoms with van der Waals surface area (Å²) in [7, 11) is 0. The highest BCUT2D eigenvalue weighted by molar-refractivity contribution is 5.82. The van der Waals surface area contributed by atoms with Crippen molar-refractivity contribution >= 4 is 5.91 Å². The third kappa shape index (κ3) is 4.72. The number of carbonyl (C=O) groups excluding carboxylic acids is 1. The van der Waals surface area contributed by atoms with Crippen LogP contribution in [0.1, 0.15) is 56.0 Å². The first-order valence-corrected chi connectivity index (χ1v) is 11.4. The summed E-state index contributed by atoms with van der Waals surface area (Å²) >= 11 is 0. The van der Waals surface area contributed by atoms with Gasteiger partial charge in [-0.15, -0.1) is 0 Å². The van der Waals surface area contributed by atoms with Gasteiger partial charge in [0.15, 0.2) is 0 Å². The Morgan fingerprint density at radius 2 is 2.00 bits per heavy atom. The largest absolute Gasteiger partial charge is 0.335 e. The molecule has 0 radical (unpaired) electrons. The second-order valence-electron chi connectivity index (χ2n) is 8.48. The standard InChI is InChI=1S/C24H34N4O/c1-2-3-14-26-15-8-7-11-23(26)24(29)27-17-13-22-21(18-27)25-19-28(22)16-12-20-9-5-4-6-10-20/h4-6,9-10,19,23H,2-3,7-8,11-18H2,1H3. The third-order valence-electron chi connectivity index (χ3n) is 6.49. The fraction of sp³-hybridized carbons (Fsp3) is 0.583. The molecule has 1 aromatic carbocycles. The number of imidazole rings is 1. The minimum Gasteiger partial charge on any atom is -0.335 e. The van der Waals surface area contributed by atoms with Crippen LogP contribution in [-0.4, -0.2) is 50.9 Å². The van der Waals surface area contributed by atoms with Crippen LogP contribution in [0.4, 0.5) is 0 Å². The van der Waals surface area contributed by atoms with E-state index in [9.17, 15) is 4.79 Å². The molecule has 0 bridgehead atoms. The van der Waals surface area contributed by atoms with Gasteiger partial charge in [-0.05, 0) is 44.3 Å². The van der Waals surface area contributed by atoms with E-state index < -0.39 is 0 Å². The first-order valence-electron chi connectivity index (χ1n) is 11.4. The molecule has 4 rings (SSSR count). The average Bonchev–Trinajstić information content (AvgIpc) is 3.19. The average molecular weight is 395 g/mol. The zero-order valence-electron chi connectivity index (χ0n) is 17.7. The monoisotopic (exact) mass is 394 g/mol. The summed E-state index contributed by atoms with van der Waals surface area (Å²) in [6.07, 6.45) is 9.67. The van der Waals surface area contributed by atoms with Crippen molar-refractivity contribution in [3.05, 3.63) is 53.6 Å². The van der Waals surface area contributed by atoms with Crippen molar-refractivity contribution in [3.63, 3.8) is 0 Å². The van der Waals surface area contributed by atoms with E-state index in [-0.39, 0.29) is 6.04 Å². The summed E-state index contributed by atoms with van der Waals surface area (Å²) in [5, 5.41) is 0. The fourth-order valence-corrected chi connectivity index (χ4v) is 4.76. The van der Waals surface area contributed by atoms with Crippen molar-refractivity contribution < 1.29 is 4.79 Å². The number of aryl methyl sites for hydroxylation is 2. The van der Waals surface area contributed by atoms with Crippen molar-refractivity contribution in [2.45, 2.75) is 71.0 Å². The second-order valence-corrected chi connectivity index (χ2v) is 8.48. The summed E-state index contributed by atoms with van der Waals surface area (Å²) in [5.41, 5.74) is 3.76. The van der Waals surface area contributed by atoms with E-state index in [1.165, 1.54) is 36.9 Å². The van der Waals surface area contributed by atoms with Gasteiger partial charge in [-0.25, -0.2) is 4.98 Å². The lowest BCUT2D eigenvalue weighted by molar-refractivity contribution is -0.139. The van der Waals surface area contributed by atoms with Crippen molar-refractivity contribution in [1.29, 1.82) is 0 Å². The van der Waals surface area contributed by atoms with Crippen LogP contribution in [0, 0.1) is 0 Å². The number of fused-ring (bicyclic) bond motifs is 1. The normalized spacial score (nSPS) is 19.9. The molecule has 1 amide bonds. The lowest BCUT2D eigenvalue weighted by Gasteiger charge is -2.38. The maximum Gasteiger partial charge on any atom is 0.240 e. The number of aromatic nitrogens is 2. The minimum atomic E-state index is 0.0806. The SMILES string of the molecule is CCCCN1CCCCC1C(=O)N1CCc2c(ncn2CCc2ccccc2)C1. The van der Waals surface area contributed by atoms with Gasteiger partial charge in [-0.3, -0.25) is 9.69 Å². The summed E-state index contributed by atoms with van der Waals surface area (Å²) in [5.74, 6) is 0.324. The predicted molar refractivity (Wildman–Crippen MR) is 116 cm³/mol. The summed E-state index contributed by atoms with van der Waals surface area (Å²) in [6.45, 7) is 6.80. The number of amides is 1. The Labute approximate surface area is 174 Å². The Balaban J connectivity index is 1.38. The number of unbranched alkanes of at least 4 members (excludes halogenated alkanes) is 1. The van der Waals surface area contributed by atoms with Crippen LogP contribution in [-0.2, 0) is 30.7 Å². The summed E-state index contributed by atoms with van der Waals surface area (Å²) in [4.78, 5) is 22.5. The number of hydrogen-bond acceptors (Lipinski definition) is 3. The second kappa shape index (κ2) is 9.57. The molecule has 1 unspecified atom stereocenters. The molecule has 1 fully saturated rings. The lowest BCUT2D eigenvalue weighted by atomic mass is 9.99. The number of rotatable bonds is 7. The van der Waals surface area contributed by atoms with E-state index in [1.54, 1.807) is 0 Å². The first kappa shape index (κ1) is 20.1. The third-order valence-corrected chi connectivity index (χ3v) is 6.49. The number of benzene rings is 1. The molecule has 2 aliphatic rings. The predicted octanol–water partition coefficient (Wildman–Crippen LogP) is 3.67. The molecule has 3 heterocycles. The molecular weight excluding hydrogens is 360 g/mol. The molecule has 156 valence electrons. The number of nitrogens with zero attached hydrogens (tertiary/aromatic N) is 4. The smallest absolute Gasteiger partial charge is 0.240 e. The molecule has 2 aromatic rings. The molecule has 5 nitrogen and oxygen atoms in total. The minimum absolute atomic E-state index is 0.0806. The number of piperidine rings is 1. The highest BCUT2D eigenvalue weighted by atomic mass is 16.2. The molecule has 29 heavy (non-hydrogen) atoms. The van der Waals surface area contributed by atoms with Gasteiger partial charge in [0.1, 0.15) is 0 Å². The van der Waals surface area contributed by atoms with Gasteiger partial charge < -0.3 is 9.47 Å². The quantitative estimate of drug-likeness (QED) is 0.720. The Morgan fingerprint density at radius 3 is 2.83 bits per heavy atom. The zero-order valence-corrected chi connectivity index (χ0v) is 17.7.